The van der Waals surface area contributed by atoms with E-state index in [9.17, 15) is 4.79 Å². The van der Waals surface area contributed by atoms with Crippen LogP contribution in [0.25, 0.3) is 0 Å². The van der Waals surface area contributed by atoms with E-state index in [2.05, 4.69) is 15.9 Å². The van der Waals surface area contributed by atoms with E-state index in [0.29, 0.717) is 18.7 Å². The maximum absolute atomic E-state index is 12.7. The van der Waals surface area contributed by atoms with Gasteiger partial charge in [0.2, 0.25) is 0 Å². The number of carbonyl (C=O) groups excluding carboxylic acids is 1. The molecule has 2 N–H and O–H groups in total. The predicted molar refractivity (Wildman–Crippen MR) is 82.8 cm³/mol. The molecule has 2 unspecified atom stereocenters. The van der Waals surface area contributed by atoms with E-state index >= 15 is 0 Å². The van der Waals surface area contributed by atoms with Crippen molar-refractivity contribution in [2.75, 3.05) is 20.2 Å². The fraction of sp³-hybridized carbons (Fsp3) is 0.533. The molecule has 1 fully saturated rings. The molecule has 1 aliphatic rings. The molecule has 1 heterocycles. The lowest BCUT2D eigenvalue weighted by Gasteiger charge is -2.38. The number of ether oxygens (including phenoxy) is 1. The highest BCUT2D eigenvalue weighted by Crippen LogP contribution is 2.25. The van der Waals surface area contributed by atoms with Crippen LogP contribution in [-0.2, 0) is 4.74 Å². The highest BCUT2D eigenvalue weighted by Gasteiger charge is 2.31. The van der Waals surface area contributed by atoms with Crippen molar-refractivity contribution in [3.05, 3.63) is 33.8 Å². The number of likely N-dealkylation sites (tertiary alicyclic amines) is 1. The molecule has 0 aliphatic carbocycles. The molecule has 0 bridgehead atoms. The number of halogens is 1. The summed E-state index contributed by atoms with van der Waals surface area (Å²) in [5, 5.41) is 0. The van der Waals surface area contributed by atoms with Crippen molar-refractivity contribution in [1.82, 2.24) is 4.90 Å². The van der Waals surface area contributed by atoms with Gasteiger partial charge in [-0.1, -0.05) is 11.6 Å². The molecule has 2 rings (SSSR count). The van der Waals surface area contributed by atoms with Crippen molar-refractivity contribution in [2.45, 2.75) is 31.9 Å². The van der Waals surface area contributed by atoms with E-state index in [4.69, 9.17) is 10.5 Å². The Morgan fingerprint density at radius 3 is 2.95 bits per heavy atom. The van der Waals surface area contributed by atoms with E-state index in [-0.39, 0.29) is 18.1 Å². The molecule has 1 aromatic carbocycles. The number of nitrogens with two attached hydrogens (primary N) is 1. The number of hydrogen-bond acceptors (Lipinski definition) is 3. The molecule has 0 spiro atoms. The minimum atomic E-state index is 0.0468. The number of methoxy groups -OCH3 is 1. The number of rotatable bonds is 3. The summed E-state index contributed by atoms with van der Waals surface area (Å²) in [7, 11) is 1.72. The normalized spacial score (nSPS) is 22.9. The monoisotopic (exact) mass is 340 g/mol. The number of aryl methyl sites for hydroxylation is 1. The van der Waals surface area contributed by atoms with Gasteiger partial charge in [-0.3, -0.25) is 4.79 Å². The van der Waals surface area contributed by atoms with Gasteiger partial charge in [-0.25, -0.2) is 0 Å². The zero-order valence-electron chi connectivity index (χ0n) is 11.9. The molecular weight excluding hydrogens is 320 g/mol. The molecule has 1 aliphatic heterocycles. The first-order valence-electron chi connectivity index (χ1n) is 6.86. The topological polar surface area (TPSA) is 55.6 Å². The van der Waals surface area contributed by atoms with Crippen LogP contribution in [-0.4, -0.2) is 43.2 Å². The third-order valence-corrected chi connectivity index (χ3v) is 4.58. The number of piperidine rings is 1. The molecule has 5 heteroatoms. The number of hydrogen-bond donors (Lipinski definition) is 1. The lowest BCUT2D eigenvalue weighted by Crippen LogP contribution is -2.51. The fourth-order valence-electron chi connectivity index (χ4n) is 2.68. The first kappa shape index (κ1) is 15.5. The fourth-order valence-corrected chi connectivity index (χ4v) is 3.09. The predicted octanol–water partition coefficient (Wildman–Crippen LogP) is 2.34. The van der Waals surface area contributed by atoms with E-state index in [1.54, 1.807) is 7.11 Å². The van der Waals surface area contributed by atoms with Gasteiger partial charge >= 0.3 is 0 Å². The number of carbonyl (C=O) groups is 1. The molecule has 20 heavy (non-hydrogen) atoms. The van der Waals surface area contributed by atoms with Gasteiger partial charge in [0.25, 0.3) is 5.91 Å². The second kappa shape index (κ2) is 6.70. The summed E-state index contributed by atoms with van der Waals surface area (Å²) in [6, 6.07) is 5.87. The average molecular weight is 341 g/mol. The van der Waals surface area contributed by atoms with Gasteiger partial charge in [-0.15, -0.1) is 0 Å². The first-order chi connectivity index (χ1) is 9.56. The summed E-state index contributed by atoms with van der Waals surface area (Å²) >= 11 is 3.46. The Kier molecular flexibility index (Phi) is 5.18. The van der Waals surface area contributed by atoms with E-state index < -0.39 is 0 Å². The second-order valence-electron chi connectivity index (χ2n) is 5.25. The van der Waals surface area contributed by atoms with Crippen molar-refractivity contribution in [3.63, 3.8) is 0 Å². The van der Waals surface area contributed by atoms with Crippen LogP contribution in [0.5, 0.6) is 0 Å². The number of amides is 1. The van der Waals surface area contributed by atoms with Gasteiger partial charge in [0.05, 0.1) is 11.7 Å². The lowest BCUT2D eigenvalue weighted by molar-refractivity contribution is 0.0138. The minimum Gasteiger partial charge on any atom is -0.381 e. The Morgan fingerprint density at radius 2 is 2.30 bits per heavy atom. The Hall–Kier alpha value is -0.910. The van der Waals surface area contributed by atoms with Crippen LogP contribution in [0.2, 0.25) is 0 Å². The second-order valence-corrected chi connectivity index (χ2v) is 6.11. The summed E-state index contributed by atoms with van der Waals surface area (Å²) in [6.07, 6.45) is 1.87. The van der Waals surface area contributed by atoms with Crippen molar-refractivity contribution in [1.29, 1.82) is 0 Å². The van der Waals surface area contributed by atoms with Gasteiger partial charge in [0.15, 0.2) is 0 Å². The van der Waals surface area contributed by atoms with Gasteiger partial charge in [-0.05, 0) is 47.8 Å². The Morgan fingerprint density at radius 1 is 1.55 bits per heavy atom. The van der Waals surface area contributed by atoms with Crippen molar-refractivity contribution in [3.8, 4) is 0 Å². The van der Waals surface area contributed by atoms with Crippen LogP contribution in [0.1, 0.15) is 28.8 Å². The first-order valence-corrected chi connectivity index (χ1v) is 7.66. The van der Waals surface area contributed by atoms with Crippen LogP contribution in [0.4, 0.5) is 0 Å². The zero-order valence-corrected chi connectivity index (χ0v) is 13.5. The molecule has 2 atom stereocenters. The third kappa shape index (κ3) is 3.22. The number of nitrogens with zero attached hydrogens (tertiary/aromatic N) is 1. The molecule has 0 saturated carbocycles. The van der Waals surface area contributed by atoms with Crippen LogP contribution in [0.15, 0.2) is 22.7 Å². The standard InChI is InChI=1S/C15H21BrN2O2/c1-10-3-4-14(16)13(7-10)15(19)18-6-5-12(20-2)8-11(18)9-17/h3-4,7,11-12H,5-6,8-9,17H2,1-2H3. The van der Waals surface area contributed by atoms with Crippen LogP contribution < -0.4 is 5.73 Å². The number of benzene rings is 1. The minimum absolute atomic E-state index is 0.0468. The van der Waals surface area contributed by atoms with Crippen LogP contribution in [0.3, 0.4) is 0 Å². The zero-order chi connectivity index (χ0) is 14.7. The summed E-state index contributed by atoms with van der Waals surface area (Å²) in [5.41, 5.74) is 7.62. The Balaban J connectivity index is 2.21. The Bertz CT molecular complexity index is 493. The molecule has 0 radical (unpaired) electrons. The SMILES string of the molecule is COC1CCN(C(=O)c2cc(C)ccc2Br)C(CN)C1. The molecule has 1 aromatic rings. The van der Waals surface area contributed by atoms with Crippen molar-refractivity contribution >= 4 is 21.8 Å². The van der Waals surface area contributed by atoms with Gasteiger partial charge in [0, 0.05) is 30.7 Å². The molecule has 110 valence electrons. The van der Waals surface area contributed by atoms with Crippen LogP contribution in [0, 0.1) is 6.92 Å². The van der Waals surface area contributed by atoms with Gasteiger partial charge in [0.1, 0.15) is 0 Å². The summed E-state index contributed by atoms with van der Waals surface area (Å²) in [6.45, 7) is 3.15. The molecule has 1 amide bonds. The van der Waals surface area contributed by atoms with E-state index in [1.807, 2.05) is 30.0 Å². The van der Waals surface area contributed by atoms with E-state index in [1.165, 1.54) is 0 Å². The smallest absolute Gasteiger partial charge is 0.255 e. The highest BCUT2D eigenvalue weighted by atomic mass is 79.9. The maximum Gasteiger partial charge on any atom is 0.255 e. The maximum atomic E-state index is 12.7. The van der Waals surface area contributed by atoms with Crippen molar-refractivity contribution in [2.24, 2.45) is 5.73 Å². The van der Waals surface area contributed by atoms with Gasteiger partial charge in [-0.2, -0.15) is 0 Å². The summed E-state index contributed by atoms with van der Waals surface area (Å²) < 4.78 is 6.23. The Labute approximate surface area is 128 Å². The average Bonchev–Trinajstić information content (AvgIpc) is 2.48. The van der Waals surface area contributed by atoms with E-state index in [0.717, 1.165) is 22.9 Å². The summed E-state index contributed by atoms with van der Waals surface area (Å²) in [4.78, 5) is 14.6. The third-order valence-electron chi connectivity index (χ3n) is 3.89. The molecular formula is C15H21BrN2O2. The summed E-state index contributed by atoms with van der Waals surface area (Å²) in [5.74, 6) is 0.0468. The molecule has 0 aromatic heterocycles. The molecule has 4 nitrogen and oxygen atoms in total. The van der Waals surface area contributed by atoms with Crippen molar-refractivity contribution < 1.29 is 9.53 Å². The van der Waals surface area contributed by atoms with Gasteiger partial charge < -0.3 is 15.4 Å². The van der Waals surface area contributed by atoms with Crippen LogP contribution >= 0.6 is 15.9 Å². The largest absolute Gasteiger partial charge is 0.381 e. The quantitative estimate of drug-likeness (QED) is 0.918. The lowest BCUT2D eigenvalue weighted by atomic mass is 9.98. The highest BCUT2D eigenvalue weighted by molar-refractivity contribution is 9.10. The molecule has 1 saturated heterocycles.